The van der Waals surface area contributed by atoms with E-state index >= 15 is 0 Å². The lowest BCUT2D eigenvalue weighted by atomic mass is 10.1. The van der Waals surface area contributed by atoms with Crippen LogP contribution in [0.15, 0.2) is 12.4 Å². The quantitative estimate of drug-likeness (QED) is 0.840. The first-order valence-corrected chi connectivity index (χ1v) is 7.12. The van der Waals surface area contributed by atoms with Gasteiger partial charge in [-0.1, -0.05) is 0 Å². The zero-order valence-corrected chi connectivity index (χ0v) is 11.9. The van der Waals surface area contributed by atoms with Crippen LogP contribution in [0.4, 0.5) is 5.95 Å². The van der Waals surface area contributed by atoms with Crippen molar-refractivity contribution in [2.24, 2.45) is 5.73 Å². The van der Waals surface area contributed by atoms with Crippen LogP contribution in [0.25, 0.3) is 0 Å². The molecule has 1 aliphatic rings. The molecular formula is C14H24N4O. The van der Waals surface area contributed by atoms with Gasteiger partial charge in [-0.15, -0.1) is 0 Å². The average Bonchev–Trinajstić information content (AvgIpc) is 2.89. The van der Waals surface area contributed by atoms with Crippen LogP contribution in [0.2, 0.25) is 0 Å². The van der Waals surface area contributed by atoms with Crippen molar-refractivity contribution in [2.75, 3.05) is 24.6 Å². The van der Waals surface area contributed by atoms with Gasteiger partial charge in [0.1, 0.15) is 0 Å². The Morgan fingerprint density at radius 3 is 2.74 bits per heavy atom. The predicted octanol–water partition coefficient (Wildman–Crippen LogP) is 1.37. The summed E-state index contributed by atoms with van der Waals surface area (Å²) in [6.45, 7) is 6.77. The molecule has 1 saturated heterocycles. The lowest BCUT2D eigenvalue weighted by molar-refractivity contribution is 0.115. The molecule has 1 fully saturated rings. The molecule has 0 aromatic carbocycles. The van der Waals surface area contributed by atoms with Crippen LogP contribution in [-0.2, 0) is 11.2 Å². The maximum Gasteiger partial charge on any atom is 0.225 e. The highest BCUT2D eigenvalue weighted by Crippen LogP contribution is 2.16. The minimum atomic E-state index is 0.142. The summed E-state index contributed by atoms with van der Waals surface area (Å²) >= 11 is 0. The third-order valence-corrected chi connectivity index (χ3v) is 3.36. The number of nitrogens with two attached hydrogens (primary N) is 1. The SMILES string of the molecule is CCN(CC1CCCO1)c1ncc(CC(C)N)cn1. The molecule has 0 radical (unpaired) electrons. The fraction of sp³-hybridized carbons (Fsp3) is 0.714. The second-order valence-corrected chi connectivity index (χ2v) is 5.25. The lowest BCUT2D eigenvalue weighted by Crippen LogP contribution is -2.33. The van der Waals surface area contributed by atoms with Gasteiger partial charge in [0, 0.05) is 38.1 Å². The second-order valence-electron chi connectivity index (χ2n) is 5.25. The molecule has 0 amide bonds. The maximum atomic E-state index is 5.77. The highest BCUT2D eigenvalue weighted by atomic mass is 16.5. The van der Waals surface area contributed by atoms with Crippen molar-refractivity contribution in [3.63, 3.8) is 0 Å². The number of anilines is 1. The second kappa shape index (κ2) is 6.82. The number of likely N-dealkylation sites (N-methyl/N-ethyl adjacent to an activating group) is 1. The average molecular weight is 264 g/mol. The zero-order valence-electron chi connectivity index (χ0n) is 11.9. The molecule has 1 aromatic heterocycles. The Balaban J connectivity index is 1.97. The van der Waals surface area contributed by atoms with Gasteiger partial charge in [-0.3, -0.25) is 0 Å². The molecule has 1 aromatic rings. The molecule has 2 unspecified atom stereocenters. The predicted molar refractivity (Wildman–Crippen MR) is 76.2 cm³/mol. The normalized spacial score (nSPS) is 20.5. The zero-order chi connectivity index (χ0) is 13.7. The summed E-state index contributed by atoms with van der Waals surface area (Å²) in [6, 6.07) is 0.142. The van der Waals surface area contributed by atoms with Crippen molar-refractivity contribution in [1.29, 1.82) is 0 Å². The third-order valence-electron chi connectivity index (χ3n) is 3.36. The van der Waals surface area contributed by atoms with E-state index < -0.39 is 0 Å². The molecular weight excluding hydrogens is 240 g/mol. The molecule has 0 aliphatic carbocycles. The van der Waals surface area contributed by atoms with Gasteiger partial charge in [-0.2, -0.15) is 0 Å². The van der Waals surface area contributed by atoms with Gasteiger partial charge in [0.15, 0.2) is 0 Å². The van der Waals surface area contributed by atoms with Crippen molar-refractivity contribution < 1.29 is 4.74 Å². The molecule has 0 spiro atoms. The van der Waals surface area contributed by atoms with E-state index in [4.69, 9.17) is 10.5 Å². The molecule has 1 aliphatic heterocycles. The summed E-state index contributed by atoms with van der Waals surface area (Å²) in [5, 5.41) is 0. The molecule has 5 heteroatoms. The summed E-state index contributed by atoms with van der Waals surface area (Å²) in [5.74, 6) is 0.784. The van der Waals surface area contributed by atoms with Gasteiger partial charge < -0.3 is 15.4 Å². The largest absolute Gasteiger partial charge is 0.376 e. The minimum absolute atomic E-state index is 0.142. The van der Waals surface area contributed by atoms with Gasteiger partial charge in [-0.05, 0) is 38.7 Å². The molecule has 0 bridgehead atoms. The topological polar surface area (TPSA) is 64.3 Å². The van der Waals surface area contributed by atoms with E-state index in [1.165, 1.54) is 0 Å². The van der Waals surface area contributed by atoms with Crippen LogP contribution in [0.5, 0.6) is 0 Å². The first-order valence-electron chi connectivity index (χ1n) is 7.12. The van der Waals surface area contributed by atoms with E-state index in [1.807, 2.05) is 19.3 Å². The van der Waals surface area contributed by atoms with Crippen LogP contribution in [-0.4, -0.2) is 41.8 Å². The summed E-state index contributed by atoms with van der Waals surface area (Å²) in [4.78, 5) is 11.1. The number of rotatable bonds is 6. The molecule has 2 rings (SSSR count). The van der Waals surface area contributed by atoms with Gasteiger partial charge >= 0.3 is 0 Å². The Morgan fingerprint density at radius 1 is 1.47 bits per heavy atom. The summed E-state index contributed by atoms with van der Waals surface area (Å²) < 4.78 is 5.67. The third kappa shape index (κ3) is 4.14. The summed E-state index contributed by atoms with van der Waals surface area (Å²) in [5.41, 5.74) is 6.86. The van der Waals surface area contributed by atoms with E-state index in [0.29, 0.717) is 6.10 Å². The Kier molecular flexibility index (Phi) is 5.10. The molecule has 5 nitrogen and oxygen atoms in total. The van der Waals surface area contributed by atoms with Gasteiger partial charge in [-0.25, -0.2) is 9.97 Å². The van der Waals surface area contributed by atoms with Crippen molar-refractivity contribution in [2.45, 2.75) is 45.3 Å². The Labute approximate surface area is 115 Å². The molecule has 0 saturated carbocycles. The van der Waals surface area contributed by atoms with Crippen LogP contribution in [0, 0.1) is 0 Å². The van der Waals surface area contributed by atoms with Crippen LogP contribution < -0.4 is 10.6 Å². The van der Waals surface area contributed by atoms with Crippen molar-refractivity contribution in [3.8, 4) is 0 Å². The first kappa shape index (κ1) is 14.2. The van der Waals surface area contributed by atoms with Crippen LogP contribution >= 0.6 is 0 Å². The van der Waals surface area contributed by atoms with E-state index in [2.05, 4.69) is 21.8 Å². The summed E-state index contributed by atoms with van der Waals surface area (Å²) in [6.07, 6.45) is 7.20. The summed E-state index contributed by atoms with van der Waals surface area (Å²) in [7, 11) is 0. The smallest absolute Gasteiger partial charge is 0.225 e. The van der Waals surface area contributed by atoms with Gasteiger partial charge in [0.2, 0.25) is 5.95 Å². The molecule has 2 N–H and O–H groups in total. The van der Waals surface area contributed by atoms with Crippen LogP contribution in [0.1, 0.15) is 32.3 Å². The number of ether oxygens (including phenoxy) is 1. The van der Waals surface area contributed by atoms with E-state index in [9.17, 15) is 0 Å². The molecule has 106 valence electrons. The van der Waals surface area contributed by atoms with Crippen molar-refractivity contribution in [1.82, 2.24) is 9.97 Å². The van der Waals surface area contributed by atoms with Gasteiger partial charge in [0.25, 0.3) is 0 Å². The number of hydrogen-bond acceptors (Lipinski definition) is 5. The molecule has 2 atom stereocenters. The molecule has 19 heavy (non-hydrogen) atoms. The van der Waals surface area contributed by atoms with E-state index in [-0.39, 0.29) is 6.04 Å². The standard InChI is InChI=1S/C14H24N4O/c1-3-18(10-13-5-4-6-19-13)14-16-8-12(9-17-14)7-11(2)15/h8-9,11,13H,3-7,10,15H2,1-2H3. The number of aromatic nitrogens is 2. The van der Waals surface area contributed by atoms with E-state index in [1.54, 1.807) is 0 Å². The van der Waals surface area contributed by atoms with Crippen LogP contribution in [0.3, 0.4) is 0 Å². The Hall–Kier alpha value is -1.20. The molecule has 2 heterocycles. The lowest BCUT2D eigenvalue weighted by Gasteiger charge is -2.23. The highest BCUT2D eigenvalue weighted by Gasteiger charge is 2.19. The Bertz CT molecular complexity index is 374. The maximum absolute atomic E-state index is 5.77. The monoisotopic (exact) mass is 264 g/mol. The minimum Gasteiger partial charge on any atom is -0.376 e. The Morgan fingerprint density at radius 2 is 2.21 bits per heavy atom. The number of nitrogens with zero attached hydrogens (tertiary/aromatic N) is 3. The van der Waals surface area contributed by atoms with E-state index in [0.717, 1.165) is 50.5 Å². The first-order chi connectivity index (χ1) is 9.19. The van der Waals surface area contributed by atoms with Crippen molar-refractivity contribution in [3.05, 3.63) is 18.0 Å². The van der Waals surface area contributed by atoms with Gasteiger partial charge in [0.05, 0.1) is 6.10 Å². The highest BCUT2D eigenvalue weighted by molar-refractivity contribution is 5.30. The van der Waals surface area contributed by atoms with Crippen molar-refractivity contribution >= 4 is 5.95 Å². The fourth-order valence-electron chi connectivity index (χ4n) is 2.37. The number of hydrogen-bond donors (Lipinski definition) is 1. The fourth-order valence-corrected chi connectivity index (χ4v) is 2.37.